The average molecular weight is 303 g/mol. The van der Waals surface area contributed by atoms with Crippen LogP contribution < -0.4 is 5.73 Å². The summed E-state index contributed by atoms with van der Waals surface area (Å²) in [6.07, 6.45) is 4.11. The van der Waals surface area contributed by atoms with Gasteiger partial charge in [-0.15, -0.1) is 11.3 Å². The molecular weight excluding hydrogens is 284 g/mol. The summed E-state index contributed by atoms with van der Waals surface area (Å²) in [5.41, 5.74) is 5.90. The van der Waals surface area contributed by atoms with Gasteiger partial charge < -0.3 is 5.73 Å². The summed E-state index contributed by atoms with van der Waals surface area (Å²) in [4.78, 5) is 3.83. The minimum Gasteiger partial charge on any atom is -0.329 e. The number of halogens is 1. The van der Waals surface area contributed by atoms with Crippen LogP contribution in [0, 0.1) is 5.92 Å². The normalized spacial score (nSPS) is 18.8. The Bertz CT molecular complexity index is 336. The second kappa shape index (κ2) is 5.63. The zero-order valence-electron chi connectivity index (χ0n) is 9.66. The third kappa shape index (κ3) is 2.86. The van der Waals surface area contributed by atoms with Crippen LogP contribution in [0.3, 0.4) is 0 Å². The molecule has 1 aliphatic rings. The van der Waals surface area contributed by atoms with E-state index in [9.17, 15) is 0 Å². The fraction of sp³-hybridized carbons (Fsp3) is 0.667. The van der Waals surface area contributed by atoms with Gasteiger partial charge in [0.05, 0.1) is 0 Å². The monoisotopic (exact) mass is 302 g/mol. The molecule has 2 rings (SSSR count). The molecule has 1 aliphatic carbocycles. The van der Waals surface area contributed by atoms with Crippen LogP contribution in [0.15, 0.2) is 15.9 Å². The first-order valence-corrected chi connectivity index (χ1v) is 7.51. The van der Waals surface area contributed by atoms with E-state index in [1.54, 1.807) is 0 Å². The Morgan fingerprint density at radius 2 is 2.38 bits per heavy atom. The van der Waals surface area contributed by atoms with Gasteiger partial charge in [0.25, 0.3) is 0 Å². The van der Waals surface area contributed by atoms with Crippen LogP contribution in [0.1, 0.15) is 24.1 Å². The van der Waals surface area contributed by atoms with E-state index in [4.69, 9.17) is 5.73 Å². The van der Waals surface area contributed by atoms with Crippen molar-refractivity contribution in [1.29, 1.82) is 0 Å². The molecular formula is C12H19BrN2S. The van der Waals surface area contributed by atoms with Crippen LogP contribution in [0.2, 0.25) is 0 Å². The van der Waals surface area contributed by atoms with Gasteiger partial charge in [-0.3, -0.25) is 4.90 Å². The number of hydrogen-bond acceptors (Lipinski definition) is 3. The predicted molar refractivity (Wildman–Crippen MR) is 73.7 cm³/mol. The third-order valence-electron chi connectivity index (χ3n) is 3.53. The van der Waals surface area contributed by atoms with Crippen molar-refractivity contribution in [1.82, 2.24) is 4.90 Å². The third-order valence-corrected chi connectivity index (χ3v) is 5.21. The summed E-state index contributed by atoms with van der Waals surface area (Å²) >= 11 is 5.31. The van der Waals surface area contributed by atoms with Gasteiger partial charge in [-0.05, 0) is 47.8 Å². The van der Waals surface area contributed by atoms with Gasteiger partial charge in [-0.1, -0.05) is 6.42 Å². The molecule has 1 fully saturated rings. The minimum atomic E-state index is 0.564. The number of nitrogens with two attached hydrogens (primary N) is 1. The summed E-state index contributed by atoms with van der Waals surface area (Å²) in [5.74, 6) is 0.832. The molecule has 0 spiro atoms. The van der Waals surface area contributed by atoms with Gasteiger partial charge in [0.2, 0.25) is 0 Å². The molecule has 1 heterocycles. The van der Waals surface area contributed by atoms with Crippen LogP contribution in [0.4, 0.5) is 0 Å². The number of hydrogen-bond donors (Lipinski definition) is 1. The standard InChI is InChI=1S/C12H19BrN2S/c1-15(7-11-5-10(13)8-16-11)12(6-14)9-3-2-4-9/h5,8-9,12H,2-4,6-7,14H2,1H3. The maximum Gasteiger partial charge on any atom is 0.0328 e. The molecule has 0 saturated heterocycles. The molecule has 0 amide bonds. The largest absolute Gasteiger partial charge is 0.329 e. The van der Waals surface area contributed by atoms with Gasteiger partial charge in [0.15, 0.2) is 0 Å². The lowest BCUT2D eigenvalue weighted by molar-refractivity contribution is 0.119. The molecule has 2 nitrogen and oxygen atoms in total. The van der Waals surface area contributed by atoms with E-state index in [-0.39, 0.29) is 0 Å². The van der Waals surface area contributed by atoms with Crippen molar-refractivity contribution in [2.24, 2.45) is 11.7 Å². The van der Waals surface area contributed by atoms with Crippen molar-refractivity contribution in [3.63, 3.8) is 0 Å². The van der Waals surface area contributed by atoms with Crippen molar-refractivity contribution >= 4 is 27.3 Å². The molecule has 0 radical (unpaired) electrons. The van der Waals surface area contributed by atoms with E-state index in [0.717, 1.165) is 19.0 Å². The molecule has 1 saturated carbocycles. The second-order valence-corrected chi connectivity index (χ2v) is 6.55. The fourth-order valence-corrected chi connectivity index (χ4v) is 3.87. The van der Waals surface area contributed by atoms with E-state index < -0.39 is 0 Å². The van der Waals surface area contributed by atoms with E-state index >= 15 is 0 Å². The topological polar surface area (TPSA) is 29.3 Å². The first-order valence-electron chi connectivity index (χ1n) is 5.84. The molecule has 0 bridgehead atoms. The summed E-state index contributed by atoms with van der Waals surface area (Å²) in [7, 11) is 2.20. The lowest BCUT2D eigenvalue weighted by Gasteiger charge is -2.38. The lowest BCUT2D eigenvalue weighted by atomic mass is 9.79. The molecule has 1 aromatic rings. The van der Waals surface area contributed by atoms with Crippen molar-refractivity contribution < 1.29 is 0 Å². The highest BCUT2D eigenvalue weighted by atomic mass is 79.9. The quantitative estimate of drug-likeness (QED) is 0.906. The average Bonchev–Trinajstić information content (AvgIpc) is 2.56. The van der Waals surface area contributed by atoms with Gasteiger partial charge in [0.1, 0.15) is 0 Å². The number of thiophene rings is 1. The maximum absolute atomic E-state index is 5.90. The molecule has 1 atom stereocenters. The number of rotatable bonds is 5. The molecule has 0 aliphatic heterocycles. The van der Waals surface area contributed by atoms with Crippen LogP contribution in [0.5, 0.6) is 0 Å². The molecule has 4 heteroatoms. The van der Waals surface area contributed by atoms with Gasteiger partial charge in [-0.2, -0.15) is 0 Å². The van der Waals surface area contributed by atoms with Crippen LogP contribution in [0.25, 0.3) is 0 Å². The minimum absolute atomic E-state index is 0.564. The van der Waals surface area contributed by atoms with Crippen molar-refractivity contribution in [2.45, 2.75) is 31.8 Å². The Morgan fingerprint density at radius 1 is 1.62 bits per heavy atom. The summed E-state index contributed by atoms with van der Waals surface area (Å²) in [5, 5.41) is 2.14. The molecule has 1 unspecified atom stereocenters. The summed E-state index contributed by atoms with van der Waals surface area (Å²) in [6.45, 7) is 1.81. The smallest absolute Gasteiger partial charge is 0.0328 e. The van der Waals surface area contributed by atoms with E-state index in [2.05, 4.69) is 39.3 Å². The Balaban J connectivity index is 1.92. The van der Waals surface area contributed by atoms with Crippen molar-refractivity contribution in [3.8, 4) is 0 Å². The fourth-order valence-electron chi connectivity index (χ4n) is 2.36. The molecule has 16 heavy (non-hydrogen) atoms. The lowest BCUT2D eigenvalue weighted by Crippen LogP contribution is -2.45. The number of likely N-dealkylation sites (N-methyl/N-ethyl adjacent to an activating group) is 1. The maximum atomic E-state index is 5.90. The summed E-state index contributed by atoms with van der Waals surface area (Å²) in [6, 6.07) is 2.77. The zero-order chi connectivity index (χ0) is 11.5. The summed E-state index contributed by atoms with van der Waals surface area (Å²) < 4.78 is 1.19. The van der Waals surface area contributed by atoms with E-state index in [0.29, 0.717) is 6.04 Å². The SMILES string of the molecule is CN(Cc1cc(Br)cs1)C(CN)C1CCC1. The first kappa shape index (κ1) is 12.6. The number of nitrogens with zero attached hydrogens (tertiary/aromatic N) is 1. The zero-order valence-corrected chi connectivity index (χ0v) is 12.1. The van der Waals surface area contributed by atoms with E-state index in [1.165, 1.54) is 28.6 Å². The Hall–Kier alpha value is 0.1000. The second-order valence-electron chi connectivity index (χ2n) is 4.64. The van der Waals surface area contributed by atoms with Gasteiger partial charge in [-0.25, -0.2) is 0 Å². The van der Waals surface area contributed by atoms with E-state index in [1.807, 2.05) is 11.3 Å². The van der Waals surface area contributed by atoms with Crippen LogP contribution in [-0.2, 0) is 6.54 Å². The van der Waals surface area contributed by atoms with Gasteiger partial charge in [0, 0.05) is 33.9 Å². The predicted octanol–water partition coefficient (Wildman–Crippen LogP) is 3.07. The van der Waals surface area contributed by atoms with Crippen LogP contribution >= 0.6 is 27.3 Å². The highest BCUT2D eigenvalue weighted by molar-refractivity contribution is 9.10. The van der Waals surface area contributed by atoms with Crippen molar-refractivity contribution in [3.05, 3.63) is 20.8 Å². The molecule has 0 aromatic carbocycles. The Kier molecular flexibility index (Phi) is 4.41. The van der Waals surface area contributed by atoms with Crippen LogP contribution in [-0.4, -0.2) is 24.5 Å². The highest BCUT2D eigenvalue weighted by Crippen LogP contribution is 2.32. The molecule has 1 aromatic heterocycles. The van der Waals surface area contributed by atoms with Crippen molar-refractivity contribution in [2.75, 3.05) is 13.6 Å². The molecule has 90 valence electrons. The Morgan fingerprint density at radius 3 is 2.81 bits per heavy atom. The van der Waals surface area contributed by atoms with Gasteiger partial charge >= 0.3 is 0 Å². The highest BCUT2D eigenvalue weighted by Gasteiger charge is 2.29. The Labute approximate surface area is 110 Å². The molecule has 2 N–H and O–H groups in total. The first-order chi connectivity index (χ1) is 7.70.